The minimum absolute atomic E-state index is 0. The van der Waals surface area contributed by atoms with Crippen molar-refractivity contribution in [2.75, 3.05) is 0 Å². The number of benzene rings is 2. The van der Waals surface area contributed by atoms with Crippen LogP contribution in [0, 0.1) is 0 Å². The standard InChI is InChI=1S/C10H8O12S4.2Na/c11-23(12)21-8-3-6(25(15,16)17)1-5-2-7(26(18,19)20)4-9(10(5)8)22-24(13)14;;/h1-4,23-24H,(H,15,16,17)(H,18,19,20);;/q;2*+1/p-2. The summed E-state index contributed by atoms with van der Waals surface area (Å²) in [5.41, 5.74) is 0. The first-order valence-electron chi connectivity index (χ1n) is 5.97. The Hall–Kier alpha value is 0.0200. The van der Waals surface area contributed by atoms with E-state index in [-0.39, 0.29) is 59.1 Å². The maximum atomic E-state index is 11.2. The Morgan fingerprint density at radius 3 is 1.25 bits per heavy atom. The summed E-state index contributed by atoms with van der Waals surface area (Å²) in [5, 5.41) is -0.999. The van der Waals surface area contributed by atoms with Gasteiger partial charge in [0.2, 0.25) is 0 Å². The van der Waals surface area contributed by atoms with Crippen LogP contribution in [0.4, 0.5) is 0 Å². The molecule has 0 aliphatic carbocycles. The van der Waals surface area contributed by atoms with Crippen molar-refractivity contribution in [2.45, 2.75) is 9.79 Å². The van der Waals surface area contributed by atoms with Gasteiger partial charge < -0.3 is 17.5 Å². The molecule has 0 amide bonds. The van der Waals surface area contributed by atoms with Gasteiger partial charge in [-0.2, -0.15) is 16.8 Å². The van der Waals surface area contributed by atoms with E-state index in [2.05, 4.69) is 8.37 Å². The number of hydrogen-bond donors (Lipinski definition) is 2. The van der Waals surface area contributed by atoms with Crippen LogP contribution in [0.15, 0.2) is 34.1 Å². The molecule has 2 aromatic carbocycles. The van der Waals surface area contributed by atoms with E-state index in [0.717, 1.165) is 0 Å². The zero-order valence-electron chi connectivity index (χ0n) is 13.9. The van der Waals surface area contributed by atoms with Crippen molar-refractivity contribution < 1.29 is 110 Å². The molecule has 12 nitrogen and oxygen atoms in total. The Bertz CT molecular complexity index is 1150. The average molecular weight is 492 g/mol. The SMILES string of the molecule is O=[SH](=O)Oc1cc(S(=O)(=O)[O-])cc2cc(S(=O)(=O)[O-])cc(O[SH](=O)=O)c12.[Na+].[Na+]. The molecule has 28 heavy (non-hydrogen) atoms. The molecule has 18 heteroatoms. The van der Waals surface area contributed by atoms with Crippen molar-refractivity contribution >= 4 is 53.0 Å². The fourth-order valence-corrected chi connectivity index (χ4v) is 3.63. The molecule has 0 aliphatic rings. The summed E-state index contributed by atoms with van der Waals surface area (Å²) in [5.74, 6) is -1.65. The molecular weight excluding hydrogens is 486 g/mol. The van der Waals surface area contributed by atoms with Gasteiger partial charge in [0.05, 0.1) is 15.2 Å². The normalized spacial score (nSPS) is 11.7. The number of fused-ring (bicyclic) bond motifs is 1. The summed E-state index contributed by atoms with van der Waals surface area (Å²) in [6, 6.07) is 2.15. The number of thiol groups is 2. The van der Waals surface area contributed by atoms with Gasteiger partial charge in [-0.3, -0.25) is 0 Å². The molecule has 0 unspecified atom stereocenters. The topological polar surface area (TPSA) is 201 Å². The summed E-state index contributed by atoms with van der Waals surface area (Å²) in [4.78, 5) is -2.04. The van der Waals surface area contributed by atoms with E-state index in [0.29, 0.717) is 24.3 Å². The zero-order valence-corrected chi connectivity index (χ0v) is 21.3. The summed E-state index contributed by atoms with van der Waals surface area (Å²) >= 11 is 0. The second kappa shape index (κ2) is 10.4. The Balaban J connectivity index is 0.00000364. The first-order valence-corrected chi connectivity index (χ1v) is 11.0. The van der Waals surface area contributed by atoms with Crippen LogP contribution in [0.2, 0.25) is 0 Å². The van der Waals surface area contributed by atoms with Gasteiger partial charge in [0.15, 0.2) is 11.5 Å². The number of hydrogen-bond acceptors (Lipinski definition) is 12. The summed E-state index contributed by atoms with van der Waals surface area (Å²) in [7, 11) is -17.6. The molecule has 0 radical (unpaired) electrons. The first kappa shape index (κ1) is 28.0. The second-order valence-electron chi connectivity index (χ2n) is 4.48. The Morgan fingerprint density at radius 2 is 1.00 bits per heavy atom. The Labute approximate surface area is 206 Å². The van der Waals surface area contributed by atoms with E-state index in [4.69, 9.17) is 0 Å². The maximum Gasteiger partial charge on any atom is 1.00 e. The molecule has 0 fully saturated rings. The summed E-state index contributed by atoms with van der Waals surface area (Å²) in [6.07, 6.45) is 0. The monoisotopic (exact) mass is 492 g/mol. The van der Waals surface area contributed by atoms with Gasteiger partial charge in [-0.15, -0.1) is 0 Å². The van der Waals surface area contributed by atoms with Crippen LogP contribution in [-0.2, 0) is 42.2 Å². The van der Waals surface area contributed by atoms with Gasteiger partial charge in [-0.05, 0) is 17.5 Å². The smallest absolute Gasteiger partial charge is 0.744 e. The largest absolute Gasteiger partial charge is 1.00 e. The molecule has 0 heterocycles. The van der Waals surface area contributed by atoms with Crippen LogP contribution in [-0.4, -0.2) is 42.8 Å². The molecule has 2 rings (SSSR count). The molecule has 0 N–H and O–H groups in total. The van der Waals surface area contributed by atoms with Crippen molar-refractivity contribution in [1.82, 2.24) is 0 Å². The Morgan fingerprint density at radius 1 is 0.679 bits per heavy atom. The molecule has 0 atom stereocenters. The van der Waals surface area contributed by atoms with E-state index in [1.165, 1.54) is 0 Å². The van der Waals surface area contributed by atoms with Gasteiger partial charge in [-0.25, -0.2) is 16.8 Å². The molecule has 0 bridgehead atoms. The average Bonchev–Trinajstić information content (AvgIpc) is 2.43. The maximum absolute atomic E-state index is 11.2. The van der Waals surface area contributed by atoms with Crippen LogP contribution in [0.25, 0.3) is 10.8 Å². The van der Waals surface area contributed by atoms with Crippen LogP contribution in [0.5, 0.6) is 11.5 Å². The van der Waals surface area contributed by atoms with Crippen molar-refractivity contribution in [3.63, 3.8) is 0 Å². The third-order valence-electron chi connectivity index (χ3n) is 2.85. The predicted molar refractivity (Wildman–Crippen MR) is 81.8 cm³/mol. The molecular formula is C10H6Na2O12S4. The van der Waals surface area contributed by atoms with Crippen molar-refractivity contribution in [3.8, 4) is 11.5 Å². The van der Waals surface area contributed by atoms with Crippen LogP contribution < -0.4 is 67.5 Å². The van der Waals surface area contributed by atoms with Gasteiger partial charge in [0.25, 0.3) is 22.0 Å². The van der Waals surface area contributed by atoms with E-state index >= 15 is 0 Å². The molecule has 144 valence electrons. The van der Waals surface area contributed by atoms with Crippen LogP contribution in [0.1, 0.15) is 0 Å². The molecule has 0 aliphatic heterocycles. The Kier molecular flexibility index (Phi) is 10.4. The third kappa shape index (κ3) is 7.06. The fraction of sp³-hybridized carbons (Fsp3) is 0. The van der Waals surface area contributed by atoms with Crippen LogP contribution >= 0.6 is 0 Å². The minimum atomic E-state index is -5.15. The quantitative estimate of drug-likeness (QED) is 0.219. The van der Waals surface area contributed by atoms with Gasteiger partial charge >= 0.3 is 59.1 Å². The van der Waals surface area contributed by atoms with Crippen molar-refractivity contribution in [3.05, 3.63) is 24.3 Å². The second-order valence-corrected chi connectivity index (χ2v) is 8.50. The molecule has 0 aromatic heterocycles. The van der Waals surface area contributed by atoms with Gasteiger partial charge in [-0.1, -0.05) is 0 Å². The third-order valence-corrected chi connectivity index (χ3v) is 5.16. The predicted octanol–water partition coefficient (Wildman–Crippen LogP) is -7.53. The number of rotatable bonds is 6. The van der Waals surface area contributed by atoms with Gasteiger partial charge in [0.1, 0.15) is 20.2 Å². The molecule has 0 saturated carbocycles. The summed E-state index contributed by atoms with van der Waals surface area (Å²) in [6.45, 7) is 0. The van der Waals surface area contributed by atoms with E-state index in [1.807, 2.05) is 0 Å². The van der Waals surface area contributed by atoms with E-state index in [1.54, 1.807) is 0 Å². The van der Waals surface area contributed by atoms with Gasteiger partial charge in [0, 0.05) is 12.1 Å². The van der Waals surface area contributed by atoms with Crippen molar-refractivity contribution in [2.24, 2.45) is 0 Å². The van der Waals surface area contributed by atoms with E-state index < -0.39 is 74.3 Å². The summed E-state index contributed by atoms with van der Waals surface area (Å²) < 4.78 is 119. The zero-order chi connectivity index (χ0) is 19.9. The van der Waals surface area contributed by atoms with E-state index in [9.17, 15) is 42.8 Å². The molecule has 2 aromatic rings. The fourth-order valence-electron chi connectivity index (χ4n) is 1.98. The van der Waals surface area contributed by atoms with Crippen molar-refractivity contribution in [1.29, 1.82) is 0 Å². The first-order chi connectivity index (χ1) is 11.8. The molecule has 0 spiro atoms. The van der Waals surface area contributed by atoms with Crippen LogP contribution in [0.3, 0.4) is 0 Å². The molecule has 0 saturated heterocycles. The minimum Gasteiger partial charge on any atom is -0.744 e.